The molecule has 1 unspecified atom stereocenters. The number of benzene rings is 1. The van der Waals surface area contributed by atoms with Gasteiger partial charge in [-0.2, -0.15) is 0 Å². The molecule has 1 aliphatic heterocycles. The fourth-order valence-corrected chi connectivity index (χ4v) is 1.80. The van der Waals surface area contributed by atoms with Crippen LogP contribution in [0.25, 0.3) is 0 Å². The van der Waals surface area contributed by atoms with E-state index < -0.39 is 0 Å². The topological polar surface area (TPSA) is 18.5 Å². The summed E-state index contributed by atoms with van der Waals surface area (Å²) >= 11 is 2.30. The molecule has 0 radical (unpaired) electrons. The number of ether oxygens (including phenoxy) is 2. The molecule has 0 N–H and O–H groups in total. The van der Waals surface area contributed by atoms with Crippen molar-refractivity contribution in [2.24, 2.45) is 0 Å². The Morgan fingerprint density at radius 1 is 1.36 bits per heavy atom. The monoisotopic (exact) mass is 304 g/mol. The van der Waals surface area contributed by atoms with Crippen LogP contribution in [0.15, 0.2) is 24.3 Å². The van der Waals surface area contributed by atoms with Gasteiger partial charge < -0.3 is 9.47 Å². The van der Waals surface area contributed by atoms with Crippen molar-refractivity contribution in [3.05, 3.63) is 33.4 Å². The number of hydrogen-bond acceptors (Lipinski definition) is 2. The first-order valence-electron chi connectivity index (χ1n) is 4.78. The van der Waals surface area contributed by atoms with Crippen LogP contribution in [-0.4, -0.2) is 19.3 Å². The third-order valence-electron chi connectivity index (χ3n) is 2.29. The van der Waals surface area contributed by atoms with Gasteiger partial charge >= 0.3 is 0 Å². The van der Waals surface area contributed by atoms with E-state index in [9.17, 15) is 0 Å². The number of hydrogen-bond donors (Lipinski definition) is 0. The SMILES string of the molecule is Ic1ccc(COC2CCOC2)cc1. The Morgan fingerprint density at radius 2 is 2.14 bits per heavy atom. The fraction of sp³-hybridized carbons (Fsp3) is 0.455. The Balaban J connectivity index is 1.82. The zero-order valence-corrected chi connectivity index (χ0v) is 10.1. The second kappa shape index (κ2) is 5.09. The summed E-state index contributed by atoms with van der Waals surface area (Å²) in [6.07, 6.45) is 1.33. The highest BCUT2D eigenvalue weighted by atomic mass is 127. The molecule has 0 bridgehead atoms. The molecule has 1 aromatic carbocycles. The summed E-state index contributed by atoms with van der Waals surface area (Å²) in [5.41, 5.74) is 1.23. The second-order valence-corrected chi connectivity index (χ2v) is 4.67. The standard InChI is InChI=1S/C11H13IO2/c12-10-3-1-9(2-4-10)7-14-11-5-6-13-8-11/h1-4,11H,5-8H2. The van der Waals surface area contributed by atoms with Crippen molar-refractivity contribution < 1.29 is 9.47 Å². The van der Waals surface area contributed by atoms with Crippen LogP contribution in [0.1, 0.15) is 12.0 Å². The zero-order valence-electron chi connectivity index (χ0n) is 7.91. The van der Waals surface area contributed by atoms with Gasteiger partial charge in [-0.1, -0.05) is 12.1 Å². The Morgan fingerprint density at radius 3 is 2.79 bits per heavy atom. The molecule has 14 heavy (non-hydrogen) atoms. The molecule has 1 saturated heterocycles. The molecule has 3 heteroatoms. The van der Waals surface area contributed by atoms with E-state index in [4.69, 9.17) is 9.47 Å². The Kier molecular flexibility index (Phi) is 3.78. The van der Waals surface area contributed by atoms with E-state index in [-0.39, 0.29) is 0 Å². The summed E-state index contributed by atoms with van der Waals surface area (Å²) in [6, 6.07) is 8.42. The molecule has 1 aliphatic rings. The van der Waals surface area contributed by atoms with Gasteiger partial charge in [0.25, 0.3) is 0 Å². The molecule has 76 valence electrons. The summed E-state index contributed by atoms with van der Waals surface area (Å²) < 4.78 is 12.2. The largest absolute Gasteiger partial charge is 0.379 e. The van der Waals surface area contributed by atoms with E-state index in [1.54, 1.807) is 0 Å². The lowest BCUT2D eigenvalue weighted by molar-refractivity contribution is 0.0317. The molecule has 0 spiro atoms. The fourth-order valence-electron chi connectivity index (χ4n) is 1.44. The maximum absolute atomic E-state index is 5.70. The minimum Gasteiger partial charge on any atom is -0.379 e. The highest BCUT2D eigenvalue weighted by Crippen LogP contribution is 2.12. The summed E-state index contributed by atoms with van der Waals surface area (Å²) in [5, 5.41) is 0. The van der Waals surface area contributed by atoms with E-state index in [0.717, 1.165) is 19.6 Å². The highest BCUT2D eigenvalue weighted by Gasteiger charge is 2.15. The van der Waals surface area contributed by atoms with Crippen molar-refractivity contribution >= 4 is 22.6 Å². The lowest BCUT2D eigenvalue weighted by Gasteiger charge is -2.09. The van der Waals surface area contributed by atoms with Crippen molar-refractivity contribution in [2.75, 3.05) is 13.2 Å². The minimum absolute atomic E-state index is 0.300. The van der Waals surface area contributed by atoms with Crippen LogP contribution in [0.2, 0.25) is 0 Å². The zero-order chi connectivity index (χ0) is 9.80. The summed E-state index contributed by atoms with van der Waals surface area (Å²) in [5.74, 6) is 0. The molecule has 2 rings (SSSR count). The molecule has 1 fully saturated rings. The Bertz CT molecular complexity index is 278. The summed E-state index contributed by atoms with van der Waals surface area (Å²) in [6.45, 7) is 2.30. The third kappa shape index (κ3) is 2.93. The van der Waals surface area contributed by atoms with Gasteiger partial charge in [0.1, 0.15) is 0 Å². The minimum atomic E-state index is 0.300. The molecular weight excluding hydrogens is 291 g/mol. The van der Waals surface area contributed by atoms with Crippen molar-refractivity contribution in [3.8, 4) is 0 Å². The average molecular weight is 304 g/mol. The van der Waals surface area contributed by atoms with Crippen molar-refractivity contribution in [1.29, 1.82) is 0 Å². The van der Waals surface area contributed by atoms with Gasteiger partial charge in [0, 0.05) is 10.2 Å². The first-order valence-corrected chi connectivity index (χ1v) is 5.86. The third-order valence-corrected chi connectivity index (χ3v) is 3.01. The molecule has 0 saturated carbocycles. The molecule has 0 aromatic heterocycles. The van der Waals surface area contributed by atoms with Crippen molar-refractivity contribution in [2.45, 2.75) is 19.1 Å². The molecule has 0 amide bonds. The number of halogens is 1. The molecular formula is C11H13IO2. The predicted molar refractivity (Wildman–Crippen MR) is 63.2 cm³/mol. The Hall–Kier alpha value is -0.130. The van der Waals surface area contributed by atoms with E-state index in [1.165, 1.54) is 9.13 Å². The highest BCUT2D eigenvalue weighted by molar-refractivity contribution is 14.1. The van der Waals surface area contributed by atoms with Gasteiger partial charge in [-0.25, -0.2) is 0 Å². The van der Waals surface area contributed by atoms with Gasteiger partial charge in [-0.3, -0.25) is 0 Å². The summed E-state index contributed by atoms with van der Waals surface area (Å²) in [4.78, 5) is 0. The van der Waals surface area contributed by atoms with E-state index >= 15 is 0 Å². The van der Waals surface area contributed by atoms with Crippen LogP contribution >= 0.6 is 22.6 Å². The van der Waals surface area contributed by atoms with Crippen LogP contribution in [0.4, 0.5) is 0 Å². The van der Waals surface area contributed by atoms with Crippen LogP contribution in [0.3, 0.4) is 0 Å². The van der Waals surface area contributed by atoms with E-state index in [1.807, 2.05) is 0 Å². The van der Waals surface area contributed by atoms with Crippen molar-refractivity contribution in [1.82, 2.24) is 0 Å². The van der Waals surface area contributed by atoms with Crippen molar-refractivity contribution in [3.63, 3.8) is 0 Å². The lowest BCUT2D eigenvalue weighted by atomic mass is 10.2. The maximum atomic E-state index is 5.70. The molecule has 1 aromatic rings. The van der Waals surface area contributed by atoms with Crippen LogP contribution in [-0.2, 0) is 16.1 Å². The Labute approximate surface area is 97.7 Å². The molecule has 1 atom stereocenters. The van der Waals surface area contributed by atoms with Crippen LogP contribution in [0.5, 0.6) is 0 Å². The first kappa shape index (κ1) is 10.4. The van der Waals surface area contributed by atoms with Gasteiger partial charge in [0.15, 0.2) is 0 Å². The van der Waals surface area contributed by atoms with Gasteiger partial charge in [0.05, 0.1) is 19.3 Å². The summed E-state index contributed by atoms with van der Waals surface area (Å²) in [7, 11) is 0. The second-order valence-electron chi connectivity index (χ2n) is 3.42. The van der Waals surface area contributed by atoms with E-state index in [2.05, 4.69) is 46.9 Å². The average Bonchev–Trinajstić information content (AvgIpc) is 2.70. The van der Waals surface area contributed by atoms with Crippen LogP contribution in [0, 0.1) is 3.57 Å². The normalized spacial score (nSPS) is 21.4. The van der Waals surface area contributed by atoms with Crippen LogP contribution < -0.4 is 0 Å². The predicted octanol–water partition coefficient (Wildman–Crippen LogP) is 2.60. The first-order chi connectivity index (χ1) is 6.84. The van der Waals surface area contributed by atoms with Gasteiger partial charge in [-0.15, -0.1) is 0 Å². The quantitative estimate of drug-likeness (QED) is 0.799. The van der Waals surface area contributed by atoms with E-state index in [0.29, 0.717) is 12.7 Å². The molecule has 1 heterocycles. The molecule has 0 aliphatic carbocycles. The molecule has 2 nitrogen and oxygen atoms in total. The van der Waals surface area contributed by atoms with Gasteiger partial charge in [0.2, 0.25) is 0 Å². The number of rotatable bonds is 3. The van der Waals surface area contributed by atoms with Gasteiger partial charge in [-0.05, 0) is 46.7 Å². The smallest absolute Gasteiger partial charge is 0.0834 e. The lowest BCUT2D eigenvalue weighted by Crippen LogP contribution is -2.11. The maximum Gasteiger partial charge on any atom is 0.0834 e.